The number of piperazine rings is 1. The van der Waals surface area contributed by atoms with Crippen LogP contribution < -0.4 is 10.2 Å². The molecule has 5 nitrogen and oxygen atoms in total. The van der Waals surface area contributed by atoms with Gasteiger partial charge in [-0.2, -0.15) is 0 Å². The third-order valence-corrected chi connectivity index (χ3v) is 7.78. The van der Waals surface area contributed by atoms with Crippen LogP contribution in [-0.2, 0) is 4.79 Å². The number of hydrogen-bond donors (Lipinski definition) is 1. The van der Waals surface area contributed by atoms with Crippen molar-refractivity contribution in [3.8, 4) is 0 Å². The Balaban J connectivity index is 1.15. The average molecular weight is 485 g/mol. The molecule has 1 N–H and O–H groups in total. The lowest BCUT2D eigenvalue weighted by Crippen LogP contribution is -2.48. The van der Waals surface area contributed by atoms with E-state index in [0.29, 0.717) is 6.54 Å². The molecule has 35 heavy (non-hydrogen) atoms. The molecule has 1 fully saturated rings. The van der Waals surface area contributed by atoms with E-state index in [0.717, 1.165) is 54.5 Å². The van der Waals surface area contributed by atoms with Gasteiger partial charge in [0.15, 0.2) is 5.13 Å². The van der Waals surface area contributed by atoms with E-state index in [1.54, 1.807) is 11.3 Å². The first kappa shape index (κ1) is 23.5. The molecule has 0 aliphatic carbocycles. The molecule has 0 atom stereocenters. The van der Waals surface area contributed by atoms with Crippen LogP contribution in [0.5, 0.6) is 0 Å². The van der Waals surface area contributed by atoms with E-state index in [1.165, 1.54) is 15.8 Å². The number of aromatic nitrogens is 1. The van der Waals surface area contributed by atoms with Crippen molar-refractivity contribution >= 4 is 32.6 Å². The summed E-state index contributed by atoms with van der Waals surface area (Å²) >= 11 is 1.79. The van der Waals surface area contributed by atoms with Crippen LogP contribution in [0.4, 0.5) is 5.13 Å². The van der Waals surface area contributed by atoms with Crippen LogP contribution in [0.1, 0.15) is 28.2 Å². The second-order valence-electron chi connectivity index (χ2n) is 9.30. The monoisotopic (exact) mass is 484 g/mol. The highest BCUT2D eigenvalue weighted by atomic mass is 32.1. The summed E-state index contributed by atoms with van der Waals surface area (Å²) in [5, 5.41) is 4.32. The van der Waals surface area contributed by atoms with Gasteiger partial charge in [-0.05, 0) is 42.2 Å². The Bertz CT molecular complexity index is 1240. The molecule has 1 amide bonds. The minimum Gasteiger partial charge on any atom is -0.354 e. The van der Waals surface area contributed by atoms with Crippen LogP contribution in [0.3, 0.4) is 0 Å². The number of thiazole rings is 1. The molecule has 1 aliphatic rings. The summed E-state index contributed by atoms with van der Waals surface area (Å²) in [6.07, 6.45) is 0. The third-order valence-electron chi connectivity index (χ3n) is 6.72. The van der Waals surface area contributed by atoms with Gasteiger partial charge in [0.05, 0.1) is 16.1 Å². The van der Waals surface area contributed by atoms with E-state index >= 15 is 0 Å². The maximum atomic E-state index is 13.2. The Hall–Kier alpha value is -3.22. The SMILES string of the molecule is Cc1cc(C)c2nc(N3CCN(CCNC(=O)C(c4ccccc4)c4ccccc4)CC3)sc2c1. The predicted molar refractivity (Wildman–Crippen MR) is 145 cm³/mol. The number of aryl methyl sites for hydroxylation is 2. The van der Waals surface area contributed by atoms with Gasteiger partial charge in [-0.1, -0.05) is 78.1 Å². The minimum absolute atomic E-state index is 0.0566. The van der Waals surface area contributed by atoms with Gasteiger partial charge in [0.2, 0.25) is 5.91 Å². The summed E-state index contributed by atoms with van der Waals surface area (Å²) in [6, 6.07) is 24.5. The number of hydrogen-bond acceptors (Lipinski definition) is 5. The zero-order chi connectivity index (χ0) is 24.2. The van der Waals surface area contributed by atoms with Gasteiger partial charge in [0.25, 0.3) is 0 Å². The molecule has 2 heterocycles. The first-order valence-electron chi connectivity index (χ1n) is 12.3. The van der Waals surface area contributed by atoms with Gasteiger partial charge in [0.1, 0.15) is 0 Å². The number of rotatable bonds is 7. The van der Waals surface area contributed by atoms with Gasteiger partial charge in [-0.25, -0.2) is 4.98 Å². The molecule has 6 heteroatoms. The Morgan fingerprint density at radius 2 is 1.57 bits per heavy atom. The van der Waals surface area contributed by atoms with E-state index in [-0.39, 0.29) is 11.8 Å². The quantitative estimate of drug-likeness (QED) is 0.402. The van der Waals surface area contributed by atoms with E-state index in [1.807, 2.05) is 60.7 Å². The molecule has 0 bridgehead atoms. The van der Waals surface area contributed by atoms with Gasteiger partial charge in [0, 0.05) is 39.3 Å². The lowest BCUT2D eigenvalue weighted by atomic mass is 9.90. The van der Waals surface area contributed by atoms with Crippen LogP contribution in [0.15, 0.2) is 72.8 Å². The summed E-state index contributed by atoms with van der Waals surface area (Å²) in [5.74, 6) is -0.235. The second-order valence-corrected chi connectivity index (χ2v) is 10.3. The summed E-state index contributed by atoms with van der Waals surface area (Å²) in [4.78, 5) is 23.0. The number of carbonyl (C=O) groups is 1. The molecule has 4 aromatic rings. The number of benzene rings is 3. The molecule has 3 aromatic carbocycles. The Labute approximate surface area is 211 Å². The third kappa shape index (κ3) is 5.39. The maximum Gasteiger partial charge on any atom is 0.232 e. The minimum atomic E-state index is -0.291. The first-order valence-corrected chi connectivity index (χ1v) is 13.1. The summed E-state index contributed by atoms with van der Waals surface area (Å²) in [5.41, 5.74) is 5.71. The van der Waals surface area contributed by atoms with Crippen molar-refractivity contribution in [2.24, 2.45) is 0 Å². The standard InChI is InChI=1S/C29H32N4OS/c1-21-19-22(2)27-25(20-21)35-29(31-27)33-17-15-32(16-18-33)14-13-30-28(34)26(23-9-5-3-6-10-23)24-11-7-4-8-12-24/h3-12,19-20,26H,13-18H2,1-2H3,(H,30,34). The molecule has 1 aliphatic heterocycles. The zero-order valence-electron chi connectivity index (χ0n) is 20.4. The van der Waals surface area contributed by atoms with Crippen molar-refractivity contribution in [1.82, 2.24) is 15.2 Å². The fourth-order valence-corrected chi connectivity index (χ4v) is 6.08. The number of anilines is 1. The largest absolute Gasteiger partial charge is 0.354 e. The van der Waals surface area contributed by atoms with E-state index in [2.05, 4.69) is 41.1 Å². The molecule has 0 saturated carbocycles. The maximum absolute atomic E-state index is 13.2. The van der Waals surface area contributed by atoms with Crippen molar-refractivity contribution in [2.75, 3.05) is 44.2 Å². The fourth-order valence-electron chi connectivity index (χ4n) is 4.88. The lowest BCUT2D eigenvalue weighted by Gasteiger charge is -2.34. The highest BCUT2D eigenvalue weighted by Crippen LogP contribution is 2.32. The van der Waals surface area contributed by atoms with Crippen LogP contribution in [0.25, 0.3) is 10.2 Å². The summed E-state index contributed by atoms with van der Waals surface area (Å²) < 4.78 is 1.27. The molecular weight excluding hydrogens is 452 g/mol. The smallest absolute Gasteiger partial charge is 0.232 e. The first-order chi connectivity index (χ1) is 17.1. The molecule has 0 unspecified atom stereocenters. The van der Waals surface area contributed by atoms with Crippen LogP contribution >= 0.6 is 11.3 Å². The van der Waals surface area contributed by atoms with Crippen LogP contribution in [-0.4, -0.2) is 55.1 Å². The number of nitrogens with zero attached hydrogens (tertiary/aromatic N) is 3. The highest BCUT2D eigenvalue weighted by molar-refractivity contribution is 7.22. The number of nitrogens with one attached hydrogen (secondary N) is 1. The lowest BCUT2D eigenvalue weighted by molar-refractivity contribution is -0.121. The molecule has 1 aromatic heterocycles. The Morgan fingerprint density at radius 1 is 0.943 bits per heavy atom. The summed E-state index contributed by atoms with van der Waals surface area (Å²) in [6.45, 7) is 9.67. The van der Waals surface area contributed by atoms with Gasteiger partial charge >= 0.3 is 0 Å². The van der Waals surface area contributed by atoms with Crippen molar-refractivity contribution in [2.45, 2.75) is 19.8 Å². The van der Waals surface area contributed by atoms with E-state index < -0.39 is 0 Å². The number of amides is 1. The number of carbonyl (C=O) groups excluding carboxylic acids is 1. The van der Waals surface area contributed by atoms with E-state index in [4.69, 9.17) is 4.98 Å². The zero-order valence-corrected chi connectivity index (χ0v) is 21.2. The summed E-state index contributed by atoms with van der Waals surface area (Å²) in [7, 11) is 0. The Morgan fingerprint density at radius 3 is 2.20 bits per heavy atom. The van der Waals surface area contributed by atoms with Crippen molar-refractivity contribution in [3.05, 3.63) is 95.1 Å². The molecule has 0 radical (unpaired) electrons. The van der Waals surface area contributed by atoms with Crippen molar-refractivity contribution < 1.29 is 4.79 Å². The highest BCUT2D eigenvalue weighted by Gasteiger charge is 2.23. The fraction of sp³-hybridized carbons (Fsp3) is 0.310. The van der Waals surface area contributed by atoms with Gasteiger partial charge in [-0.15, -0.1) is 0 Å². The van der Waals surface area contributed by atoms with Crippen LogP contribution in [0.2, 0.25) is 0 Å². The van der Waals surface area contributed by atoms with Crippen molar-refractivity contribution in [1.29, 1.82) is 0 Å². The molecule has 5 rings (SSSR count). The van der Waals surface area contributed by atoms with Crippen molar-refractivity contribution in [3.63, 3.8) is 0 Å². The van der Waals surface area contributed by atoms with Gasteiger partial charge in [-0.3, -0.25) is 9.69 Å². The number of fused-ring (bicyclic) bond motifs is 1. The second kappa shape index (κ2) is 10.6. The predicted octanol–water partition coefficient (Wildman–Crippen LogP) is 4.98. The molecular formula is C29H32N4OS. The normalized spacial score (nSPS) is 14.5. The van der Waals surface area contributed by atoms with E-state index in [9.17, 15) is 4.79 Å². The van der Waals surface area contributed by atoms with Crippen LogP contribution in [0, 0.1) is 13.8 Å². The topological polar surface area (TPSA) is 48.5 Å². The van der Waals surface area contributed by atoms with Gasteiger partial charge < -0.3 is 10.2 Å². The molecule has 1 saturated heterocycles. The average Bonchev–Trinajstić information content (AvgIpc) is 3.30. The molecule has 0 spiro atoms. The molecule has 180 valence electrons. The Kier molecular flexibility index (Phi) is 7.11.